The first-order valence-corrected chi connectivity index (χ1v) is 1.88. The lowest BCUT2D eigenvalue weighted by Crippen LogP contribution is -2.02. The third-order valence-electron chi connectivity index (χ3n) is 0.440. The van der Waals surface area contributed by atoms with Gasteiger partial charge in [0.2, 0.25) is 0 Å². The van der Waals surface area contributed by atoms with Crippen molar-refractivity contribution >= 4 is 0 Å². The first kappa shape index (κ1) is 5.88. The molecule has 0 fully saturated rings. The molecule has 0 aromatic rings. The van der Waals surface area contributed by atoms with Crippen molar-refractivity contribution in [1.82, 2.24) is 0 Å². The molecule has 0 aliphatic rings. The van der Waals surface area contributed by atoms with Gasteiger partial charge in [0.1, 0.15) is 0 Å². The van der Waals surface area contributed by atoms with Crippen LogP contribution < -0.4 is 5.73 Å². The molecule has 0 atom stereocenters. The Morgan fingerprint density at radius 3 is 2.50 bits per heavy atom. The van der Waals surface area contributed by atoms with Crippen molar-refractivity contribution in [2.45, 2.75) is 6.42 Å². The van der Waals surface area contributed by atoms with E-state index in [1.54, 1.807) is 0 Å². The first-order valence-electron chi connectivity index (χ1n) is 1.88. The van der Waals surface area contributed by atoms with Crippen LogP contribution in [-0.2, 0) is 4.89 Å². The molecule has 0 saturated carbocycles. The molecule has 0 rings (SSSR count). The van der Waals surface area contributed by atoms with Crippen LogP contribution in [0.5, 0.6) is 0 Å². The molecule has 0 bridgehead atoms. The maximum atomic E-state index is 7.64. The summed E-state index contributed by atoms with van der Waals surface area (Å²) in [6, 6.07) is 0. The zero-order chi connectivity index (χ0) is 4.83. The molecule has 3 nitrogen and oxygen atoms in total. The average Bonchev–Trinajstić information content (AvgIpc) is 1.61. The minimum absolute atomic E-state index is 0.344. The van der Waals surface area contributed by atoms with E-state index in [1.807, 2.05) is 0 Å². The van der Waals surface area contributed by atoms with Gasteiger partial charge in [0, 0.05) is 0 Å². The van der Waals surface area contributed by atoms with E-state index in [0.717, 1.165) is 6.42 Å². The Kier molecular flexibility index (Phi) is 4.78. The second kappa shape index (κ2) is 4.88. The average molecular weight is 91.1 g/mol. The summed E-state index contributed by atoms with van der Waals surface area (Å²) in [5.41, 5.74) is 5.02. The molecule has 3 N–H and O–H groups in total. The Morgan fingerprint density at radius 1 is 1.67 bits per heavy atom. The predicted molar refractivity (Wildman–Crippen MR) is 22.3 cm³/mol. The van der Waals surface area contributed by atoms with Gasteiger partial charge in [-0.05, 0) is 13.0 Å². The number of rotatable bonds is 3. The third kappa shape index (κ3) is 3.88. The van der Waals surface area contributed by atoms with Crippen LogP contribution in [0.15, 0.2) is 0 Å². The molecule has 0 aliphatic carbocycles. The molecule has 0 unspecified atom stereocenters. The highest BCUT2D eigenvalue weighted by atomic mass is 17.1. The number of hydrogen-bond donors (Lipinski definition) is 2. The summed E-state index contributed by atoms with van der Waals surface area (Å²) >= 11 is 0. The molecule has 0 aromatic heterocycles. The van der Waals surface area contributed by atoms with Gasteiger partial charge in [-0.3, -0.25) is 5.26 Å². The minimum atomic E-state index is 0.344. The maximum absolute atomic E-state index is 7.64. The molecule has 0 spiro atoms. The standard InChI is InChI=1S/C3H9NO2/c4-2-1-3-6-5/h5H,1-4H2. The molecule has 0 saturated heterocycles. The van der Waals surface area contributed by atoms with Gasteiger partial charge in [-0.2, -0.15) is 0 Å². The van der Waals surface area contributed by atoms with E-state index >= 15 is 0 Å². The fraction of sp³-hybridized carbons (Fsp3) is 1.00. The van der Waals surface area contributed by atoms with Crippen LogP contribution in [0.2, 0.25) is 0 Å². The highest BCUT2D eigenvalue weighted by Crippen LogP contribution is 1.70. The topological polar surface area (TPSA) is 55.5 Å². The molecular formula is C3H9NO2. The summed E-state index contributed by atoms with van der Waals surface area (Å²) in [6.45, 7) is 0.914. The highest BCUT2D eigenvalue weighted by Gasteiger charge is 1.76. The SMILES string of the molecule is NCCCOO. The summed E-state index contributed by atoms with van der Waals surface area (Å²) in [6.07, 6.45) is 0.719. The molecule has 0 aromatic carbocycles. The summed E-state index contributed by atoms with van der Waals surface area (Å²) in [4.78, 5) is 3.70. The van der Waals surface area contributed by atoms with E-state index in [9.17, 15) is 0 Å². The normalized spacial score (nSPS) is 9.00. The third-order valence-corrected chi connectivity index (χ3v) is 0.440. The molecule has 38 valence electrons. The maximum Gasteiger partial charge on any atom is 0.0831 e. The number of nitrogens with two attached hydrogens (primary N) is 1. The Hall–Kier alpha value is -0.120. The molecule has 0 amide bonds. The van der Waals surface area contributed by atoms with Crippen LogP contribution in [0.4, 0.5) is 0 Å². The van der Waals surface area contributed by atoms with Crippen LogP contribution in [0.1, 0.15) is 6.42 Å². The van der Waals surface area contributed by atoms with Crippen molar-refractivity contribution in [1.29, 1.82) is 0 Å². The van der Waals surface area contributed by atoms with E-state index in [1.165, 1.54) is 0 Å². The lowest BCUT2D eigenvalue weighted by molar-refractivity contribution is -0.242. The smallest absolute Gasteiger partial charge is 0.0831 e. The Bertz CT molecular complexity index is 20.8. The summed E-state index contributed by atoms with van der Waals surface area (Å²) < 4.78 is 0. The lowest BCUT2D eigenvalue weighted by Gasteiger charge is -1.87. The Labute approximate surface area is 36.6 Å². The molecule has 0 heterocycles. The zero-order valence-electron chi connectivity index (χ0n) is 3.55. The van der Waals surface area contributed by atoms with Gasteiger partial charge in [-0.1, -0.05) is 0 Å². The van der Waals surface area contributed by atoms with Crippen LogP contribution in [0.25, 0.3) is 0 Å². The molecule has 0 radical (unpaired) electrons. The molecule has 6 heavy (non-hydrogen) atoms. The van der Waals surface area contributed by atoms with Crippen molar-refractivity contribution < 1.29 is 10.1 Å². The van der Waals surface area contributed by atoms with E-state index in [2.05, 4.69) is 4.89 Å². The second-order valence-corrected chi connectivity index (χ2v) is 0.975. The summed E-state index contributed by atoms with van der Waals surface area (Å²) in [5, 5.41) is 7.64. The van der Waals surface area contributed by atoms with Crippen LogP contribution >= 0.6 is 0 Å². The first-order chi connectivity index (χ1) is 2.91. The van der Waals surface area contributed by atoms with Crippen molar-refractivity contribution in [3.8, 4) is 0 Å². The minimum Gasteiger partial charge on any atom is -0.330 e. The molecular weight excluding hydrogens is 82.0 g/mol. The van der Waals surface area contributed by atoms with Crippen molar-refractivity contribution in [2.24, 2.45) is 5.73 Å². The van der Waals surface area contributed by atoms with Gasteiger partial charge in [0.05, 0.1) is 6.61 Å². The summed E-state index contributed by atoms with van der Waals surface area (Å²) in [5.74, 6) is 0. The van der Waals surface area contributed by atoms with Gasteiger partial charge in [-0.25, -0.2) is 4.89 Å². The highest BCUT2D eigenvalue weighted by molar-refractivity contribution is 4.29. The predicted octanol–water partition coefficient (Wildman–Crippen LogP) is -0.175. The lowest BCUT2D eigenvalue weighted by atomic mass is 10.5. The fourth-order valence-corrected chi connectivity index (χ4v) is 0.148. The van der Waals surface area contributed by atoms with Gasteiger partial charge in [-0.15, -0.1) is 0 Å². The van der Waals surface area contributed by atoms with Crippen molar-refractivity contribution in [2.75, 3.05) is 13.2 Å². The van der Waals surface area contributed by atoms with E-state index in [0.29, 0.717) is 13.2 Å². The van der Waals surface area contributed by atoms with E-state index < -0.39 is 0 Å². The van der Waals surface area contributed by atoms with E-state index in [4.69, 9.17) is 11.0 Å². The Morgan fingerprint density at radius 2 is 2.33 bits per heavy atom. The van der Waals surface area contributed by atoms with Crippen molar-refractivity contribution in [3.05, 3.63) is 0 Å². The zero-order valence-corrected chi connectivity index (χ0v) is 3.55. The van der Waals surface area contributed by atoms with Gasteiger partial charge >= 0.3 is 0 Å². The van der Waals surface area contributed by atoms with E-state index in [-0.39, 0.29) is 0 Å². The second-order valence-electron chi connectivity index (χ2n) is 0.975. The van der Waals surface area contributed by atoms with Crippen molar-refractivity contribution in [3.63, 3.8) is 0 Å². The number of hydrogen-bond acceptors (Lipinski definition) is 3. The van der Waals surface area contributed by atoms with Crippen LogP contribution in [0.3, 0.4) is 0 Å². The largest absolute Gasteiger partial charge is 0.330 e. The molecule has 3 heteroatoms. The van der Waals surface area contributed by atoms with Crippen LogP contribution in [-0.4, -0.2) is 18.4 Å². The van der Waals surface area contributed by atoms with Gasteiger partial charge in [0.25, 0.3) is 0 Å². The Balaban J connectivity index is 2.34. The van der Waals surface area contributed by atoms with Gasteiger partial charge in [0.15, 0.2) is 0 Å². The van der Waals surface area contributed by atoms with Crippen LogP contribution in [0, 0.1) is 0 Å². The quantitative estimate of drug-likeness (QED) is 0.288. The molecule has 0 aliphatic heterocycles. The summed E-state index contributed by atoms with van der Waals surface area (Å²) in [7, 11) is 0. The monoisotopic (exact) mass is 91.1 g/mol. The fourth-order valence-electron chi connectivity index (χ4n) is 0.148. The van der Waals surface area contributed by atoms with Gasteiger partial charge < -0.3 is 5.73 Å².